The summed E-state index contributed by atoms with van der Waals surface area (Å²) in [5.41, 5.74) is 0.430. The lowest BCUT2D eigenvalue weighted by molar-refractivity contribution is 0.0690. The van der Waals surface area contributed by atoms with E-state index in [9.17, 15) is 9.59 Å². The second-order valence-electron chi connectivity index (χ2n) is 4.31. The lowest BCUT2D eigenvalue weighted by atomic mass is 10.4. The summed E-state index contributed by atoms with van der Waals surface area (Å²) < 4.78 is 6.77. The third-order valence-corrected chi connectivity index (χ3v) is 2.79. The first-order valence-corrected chi connectivity index (χ1v) is 6.22. The van der Waals surface area contributed by atoms with Crippen LogP contribution in [0, 0.1) is 0 Å². The number of pyridine rings is 1. The number of carbonyl (C=O) groups excluding carboxylic acids is 1. The highest BCUT2D eigenvalue weighted by Gasteiger charge is 2.14. The molecule has 0 saturated heterocycles. The predicted molar refractivity (Wildman–Crippen MR) is 75.0 cm³/mol. The van der Waals surface area contributed by atoms with Crippen molar-refractivity contribution in [3.63, 3.8) is 0 Å². The van der Waals surface area contributed by atoms with Crippen LogP contribution in [0.5, 0.6) is 0 Å². The summed E-state index contributed by atoms with van der Waals surface area (Å²) in [5.74, 6) is -1.20. The zero-order valence-corrected chi connectivity index (χ0v) is 11.1. The van der Waals surface area contributed by atoms with Gasteiger partial charge in [0.2, 0.25) is 5.88 Å². The van der Waals surface area contributed by atoms with Crippen molar-refractivity contribution in [1.29, 1.82) is 0 Å². The van der Waals surface area contributed by atoms with E-state index in [1.54, 1.807) is 24.4 Å². The number of anilines is 1. The summed E-state index contributed by atoms with van der Waals surface area (Å²) in [6.07, 6.45) is 5.70. The van der Waals surface area contributed by atoms with Gasteiger partial charge < -0.3 is 14.8 Å². The molecule has 0 radical (unpaired) electrons. The van der Waals surface area contributed by atoms with Crippen molar-refractivity contribution in [3.8, 4) is 5.88 Å². The van der Waals surface area contributed by atoms with Crippen LogP contribution in [-0.2, 0) is 0 Å². The maximum absolute atomic E-state index is 12.0. The Kier molecular flexibility index (Phi) is 3.40. The van der Waals surface area contributed by atoms with Gasteiger partial charge >= 0.3 is 5.97 Å². The standard InChI is InChI=1S/C14H10N4O4/c19-13(17-9-2-1-5-15-6-9)11-3-4-12(22-11)18-7-10(14(20)21)16-8-18/h1-8H,(H,17,19)(H,20,21). The fourth-order valence-electron chi connectivity index (χ4n) is 1.77. The van der Waals surface area contributed by atoms with Gasteiger partial charge in [0.1, 0.15) is 6.33 Å². The molecule has 3 heterocycles. The highest BCUT2D eigenvalue weighted by molar-refractivity contribution is 6.02. The Bertz CT molecular complexity index is 822. The quantitative estimate of drug-likeness (QED) is 0.760. The van der Waals surface area contributed by atoms with E-state index >= 15 is 0 Å². The van der Waals surface area contributed by atoms with Crippen molar-refractivity contribution < 1.29 is 19.1 Å². The second-order valence-corrected chi connectivity index (χ2v) is 4.31. The topological polar surface area (TPSA) is 110 Å². The van der Waals surface area contributed by atoms with Gasteiger partial charge in [-0.1, -0.05) is 0 Å². The van der Waals surface area contributed by atoms with Gasteiger partial charge in [0, 0.05) is 18.5 Å². The van der Waals surface area contributed by atoms with Crippen molar-refractivity contribution in [2.45, 2.75) is 0 Å². The summed E-state index contributed by atoms with van der Waals surface area (Å²) in [6.45, 7) is 0. The Labute approximate surface area is 124 Å². The molecule has 0 aliphatic rings. The van der Waals surface area contributed by atoms with Crippen LogP contribution in [0.3, 0.4) is 0 Å². The molecular formula is C14H10N4O4. The number of rotatable bonds is 4. The van der Waals surface area contributed by atoms with Crippen LogP contribution < -0.4 is 5.32 Å². The van der Waals surface area contributed by atoms with E-state index in [4.69, 9.17) is 9.52 Å². The number of carboxylic acids is 1. The molecule has 0 saturated carbocycles. The van der Waals surface area contributed by atoms with Gasteiger partial charge in [-0.05, 0) is 18.2 Å². The highest BCUT2D eigenvalue weighted by Crippen LogP contribution is 2.15. The summed E-state index contributed by atoms with van der Waals surface area (Å²) >= 11 is 0. The third-order valence-electron chi connectivity index (χ3n) is 2.79. The molecule has 0 bridgehead atoms. The Morgan fingerprint density at radius 1 is 1.27 bits per heavy atom. The molecule has 0 spiro atoms. The van der Waals surface area contributed by atoms with Crippen LogP contribution in [-0.4, -0.2) is 31.5 Å². The Morgan fingerprint density at radius 3 is 2.82 bits per heavy atom. The van der Waals surface area contributed by atoms with Crippen molar-refractivity contribution in [1.82, 2.24) is 14.5 Å². The van der Waals surface area contributed by atoms with Gasteiger partial charge in [-0.25, -0.2) is 9.78 Å². The van der Waals surface area contributed by atoms with Crippen LogP contribution in [0.25, 0.3) is 5.88 Å². The smallest absolute Gasteiger partial charge is 0.356 e. The fraction of sp³-hybridized carbons (Fsp3) is 0. The largest absolute Gasteiger partial charge is 0.476 e. The minimum Gasteiger partial charge on any atom is -0.476 e. The van der Waals surface area contributed by atoms with E-state index in [0.29, 0.717) is 5.69 Å². The summed E-state index contributed by atoms with van der Waals surface area (Å²) in [6, 6.07) is 6.43. The number of aromatic carboxylic acids is 1. The first kappa shape index (κ1) is 13.6. The van der Waals surface area contributed by atoms with Gasteiger partial charge in [0.05, 0.1) is 11.9 Å². The molecule has 0 aliphatic carbocycles. The first-order valence-electron chi connectivity index (χ1n) is 6.22. The average Bonchev–Trinajstić information content (AvgIpc) is 3.17. The molecule has 0 atom stereocenters. The van der Waals surface area contributed by atoms with Crippen LogP contribution in [0.1, 0.15) is 21.0 Å². The number of amides is 1. The monoisotopic (exact) mass is 298 g/mol. The molecular weight excluding hydrogens is 288 g/mol. The molecule has 8 nitrogen and oxygen atoms in total. The van der Waals surface area contributed by atoms with Gasteiger partial charge in [0.25, 0.3) is 5.91 Å². The van der Waals surface area contributed by atoms with E-state index in [0.717, 1.165) is 0 Å². The maximum Gasteiger partial charge on any atom is 0.356 e. The molecule has 22 heavy (non-hydrogen) atoms. The number of carbonyl (C=O) groups is 2. The Hall–Kier alpha value is -3.42. The highest BCUT2D eigenvalue weighted by atomic mass is 16.4. The van der Waals surface area contributed by atoms with Crippen molar-refractivity contribution in [3.05, 3.63) is 60.6 Å². The van der Waals surface area contributed by atoms with Gasteiger partial charge in [-0.2, -0.15) is 0 Å². The number of aromatic nitrogens is 3. The molecule has 0 fully saturated rings. The SMILES string of the molecule is O=C(O)c1cn(-c2ccc(C(=O)Nc3cccnc3)o2)cn1. The van der Waals surface area contributed by atoms with Crippen LogP contribution in [0.15, 0.2) is 53.6 Å². The summed E-state index contributed by atoms with van der Waals surface area (Å²) in [7, 11) is 0. The van der Waals surface area contributed by atoms with E-state index in [2.05, 4.69) is 15.3 Å². The van der Waals surface area contributed by atoms with E-state index in [-0.39, 0.29) is 17.3 Å². The number of furan rings is 1. The molecule has 0 aliphatic heterocycles. The molecule has 0 unspecified atom stereocenters. The number of nitrogens with zero attached hydrogens (tertiary/aromatic N) is 3. The normalized spacial score (nSPS) is 10.4. The van der Waals surface area contributed by atoms with Crippen LogP contribution in [0.2, 0.25) is 0 Å². The van der Waals surface area contributed by atoms with Crippen LogP contribution in [0.4, 0.5) is 5.69 Å². The maximum atomic E-state index is 12.0. The first-order chi connectivity index (χ1) is 10.6. The molecule has 2 N–H and O–H groups in total. The molecule has 110 valence electrons. The van der Waals surface area contributed by atoms with E-state index in [1.807, 2.05) is 0 Å². The summed E-state index contributed by atoms with van der Waals surface area (Å²) in [4.78, 5) is 30.4. The van der Waals surface area contributed by atoms with E-state index < -0.39 is 11.9 Å². The molecule has 3 aromatic rings. The average molecular weight is 298 g/mol. The molecule has 8 heteroatoms. The molecule has 0 aromatic carbocycles. The molecule has 1 amide bonds. The van der Waals surface area contributed by atoms with Crippen molar-refractivity contribution >= 4 is 17.6 Å². The Morgan fingerprint density at radius 2 is 2.14 bits per heavy atom. The second kappa shape index (κ2) is 5.52. The number of hydrogen-bond donors (Lipinski definition) is 2. The van der Waals surface area contributed by atoms with Gasteiger partial charge in [0.15, 0.2) is 11.5 Å². The van der Waals surface area contributed by atoms with Crippen LogP contribution >= 0.6 is 0 Å². The number of carboxylic acid groups (broad SMARTS) is 1. The number of hydrogen-bond acceptors (Lipinski definition) is 5. The number of nitrogens with one attached hydrogen (secondary N) is 1. The van der Waals surface area contributed by atoms with Gasteiger partial charge in [-0.15, -0.1) is 0 Å². The lowest BCUT2D eigenvalue weighted by Crippen LogP contribution is -2.10. The lowest BCUT2D eigenvalue weighted by Gasteiger charge is -2.01. The zero-order valence-electron chi connectivity index (χ0n) is 11.1. The van der Waals surface area contributed by atoms with Crippen molar-refractivity contribution in [2.75, 3.05) is 5.32 Å². The Balaban J connectivity index is 1.78. The minimum absolute atomic E-state index is 0.0874. The van der Waals surface area contributed by atoms with Gasteiger partial charge in [-0.3, -0.25) is 14.3 Å². The molecule has 3 rings (SSSR count). The zero-order chi connectivity index (χ0) is 15.5. The summed E-state index contributed by atoms with van der Waals surface area (Å²) in [5, 5.41) is 11.5. The fourth-order valence-corrected chi connectivity index (χ4v) is 1.77. The predicted octanol–water partition coefficient (Wildman–Crippen LogP) is 1.81. The molecule has 3 aromatic heterocycles. The van der Waals surface area contributed by atoms with Crippen molar-refractivity contribution in [2.24, 2.45) is 0 Å². The van der Waals surface area contributed by atoms with E-state index in [1.165, 1.54) is 29.4 Å². The number of imidazole rings is 1. The minimum atomic E-state index is -1.14. The third kappa shape index (κ3) is 2.70.